The molecule has 2 unspecified atom stereocenters. The van der Waals surface area contributed by atoms with E-state index >= 15 is 0 Å². The quantitative estimate of drug-likeness (QED) is 0.603. The minimum Gasteiger partial charge on any atom is -0.481 e. The zero-order valence-corrected chi connectivity index (χ0v) is 18.9. The first kappa shape index (κ1) is 22.4. The molecule has 2 aromatic rings. The van der Waals surface area contributed by atoms with Crippen LogP contribution < -0.4 is 0 Å². The molecule has 0 spiro atoms. The molecule has 1 N–H and O–H groups in total. The van der Waals surface area contributed by atoms with Crippen LogP contribution in [-0.4, -0.2) is 50.5 Å². The molecular weight excluding hydrogens is 424 g/mol. The third-order valence-corrected chi connectivity index (χ3v) is 7.64. The highest BCUT2D eigenvalue weighted by atomic mass is 32.2. The van der Waals surface area contributed by atoms with Crippen molar-refractivity contribution in [2.75, 3.05) is 5.75 Å². The molecular formula is C25H28N2O4S. The number of thioether (sulfide) groups is 1. The number of Topliss-reactive ketones (excluding diaryl/α,β-unsaturated/α-hetero) is 1. The van der Waals surface area contributed by atoms with Crippen LogP contribution in [0.1, 0.15) is 42.7 Å². The number of aliphatic carboxylic acids is 1. The summed E-state index contributed by atoms with van der Waals surface area (Å²) in [6, 6.07) is 18.9. The van der Waals surface area contributed by atoms with Crippen molar-refractivity contribution >= 4 is 29.5 Å². The summed E-state index contributed by atoms with van der Waals surface area (Å²) in [6.07, 6.45) is 1.25. The van der Waals surface area contributed by atoms with E-state index in [9.17, 15) is 14.4 Å². The standard InChI is InChI=1S/C25H28N2O4S/c1-17(24(29)30)9-8-14-21(28)22-20-16-32-23(19-12-6-3-7-13-19)27(20)25(31)26(22)15-18-10-4-2-5-11-18/h2-7,10-13,17,20,22-23H,8-9,14-16H2,1H3,(H,29,30)/t17?,20-,22?,23-/m0/s1. The second kappa shape index (κ2) is 9.77. The molecule has 7 heteroatoms. The number of ketones is 1. The van der Waals surface area contributed by atoms with Crippen molar-refractivity contribution in [3.8, 4) is 0 Å². The number of nitrogens with zero attached hydrogens (tertiary/aromatic N) is 2. The van der Waals surface area contributed by atoms with Crippen molar-refractivity contribution in [3.63, 3.8) is 0 Å². The Morgan fingerprint density at radius 3 is 2.41 bits per heavy atom. The van der Waals surface area contributed by atoms with Crippen LogP contribution in [0.2, 0.25) is 0 Å². The van der Waals surface area contributed by atoms with Crippen molar-refractivity contribution in [2.24, 2.45) is 5.92 Å². The van der Waals surface area contributed by atoms with Crippen molar-refractivity contribution < 1.29 is 19.5 Å². The number of carboxylic acid groups (broad SMARTS) is 1. The minimum atomic E-state index is -0.844. The SMILES string of the molecule is CC(CCCC(=O)C1[C@@H]2CS[C@@H](c3ccccc3)N2C(=O)N1Cc1ccccc1)C(=O)O. The van der Waals surface area contributed by atoms with Gasteiger partial charge in [-0.25, -0.2) is 4.79 Å². The van der Waals surface area contributed by atoms with E-state index in [-0.39, 0.29) is 29.7 Å². The van der Waals surface area contributed by atoms with Gasteiger partial charge < -0.3 is 14.9 Å². The maximum absolute atomic E-state index is 13.6. The first-order valence-electron chi connectivity index (χ1n) is 11.0. The molecule has 4 rings (SSSR count). The van der Waals surface area contributed by atoms with Crippen LogP contribution >= 0.6 is 11.8 Å². The molecule has 2 amide bonds. The lowest BCUT2D eigenvalue weighted by Gasteiger charge is -2.25. The molecule has 2 aliphatic heterocycles. The molecule has 2 saturated heterocycles. The molecule has 32 heavy (non-hydrogen) atoms. The number of carboxylic acids is 1. The van der Waals surface area contributed by atoms with E-state index in [1.807, 2.05) is 65.6 Å². The lowest BCUT2D eigenvalue weighted by molar-refractivity contribution is -0.141. The molecule has 2 fully saturated rings. The van der Waals surface area contributed by atoms with Gasteiger partial charge in [0, 0.05) is 18.7 Å². The predicted molar refractivity (Wildman–Crippen MR) is 124 cm³/mol. The van der Waals surface area contributed by atoms with E-state index in [4.69, 9.17) is 5.11 Å². The highest BCUT2D eigenvalue weighted by Gasteiger charge is 2.54. The van der Waals surface area contributed by atoms with E-state index in [1.165, 1.54) is 0 Å². The van der Waals surface area contributed by atoms with Crippen LogP contribution in [0, 0.1) is 5.92 Å². The van der Waals surface area contributed by atoms with Gasteiger partial charge in [0.2, 0.25) is 0 Å². The summed E-state index contributed by atoms with van der Waals surface area (Å²) in [7, 11) is 0. The number of fused-ring (bicyclic) bond motifs is 1. The molecule has 0 saturated carbocycles. The molecule has 2 aliphatic rings. The summed E-state index contributed by atoms with van der Waals surface area (Å²) in [5.41, 5.74) is 2.06. The van der Waals surface area contributed by atoms with E-state index in [2.05, 4.69) is 0 Å². The van der Waals surface area contributed by atoms with Crippen LogP contribution in [0.25, 0.3) is 0 Å². The van der Waals surface area contributed by atoms with Crippen LogP contribution in [-0.2, 0) is 16.1 Å². The Labute approximate surface area is 192 Å². The average Bonchev–Trinajstić information content (AvgIpc) is 3.34. The molecule has 168 valence electrons. The predicted octanol–water partition coefficient (Wildman–Crippen LogP) is 4.57. The maximum Gasteiger partial charge on any atom is 0.322 e. The largest absolute Gasteiger partial charge is 0.481 e. The maximum atomic E-state index is 13.6. The van der Waals surface area contributed by atoms with Crippen molar-refractivity contribution in [3.05, 3.63) is 71.8 Å². The normalized spacial score (nSPS) is 23.3. The Bertz CT molecular complexity index is 968. The molecule has 4 atom stereocenters. The zero-order chi connectivity index (χ0) is 22.7. The van der Waals surface area contributed by atoms with Gasteiger partial charge >= 0.3 is 12.0 Å². The fraction of sp³-hybridized carbons (Fsp3) is 0.400. The van der Waals surface area contributed by atoms with E-state index in [0.29, 0.717) is 25.1 Å². The van der Waals surface area contributed by atoms with Gasteiger partial charge in [-0.2, -0.15) is 0 Å². The number of hydrogen-bond donors (Lipinski definition) is 1. The van der Waals surface area contributed by atoms with Crippen LogP contribution in [0.15, 0.2) is 60.7 Å². The Morgan fingerprint density at radius 2 is 1.75 bits per heavy atom. The number of carbonyl (C=O) groups is 3. The third-order valence-electron chi connectivity index (χ3n) is 6.29. The Kier molecular flexibility index (Phi) is 6.84. The van der Waals surface area contributed by atoms with Gasteiger partial charge in [0.25, 0.3) is 0 Å². The summed E-state index contributed by atoms with van der Waals surface area (Å²) in [6.45, 7) is 2.05. The lowest BCUT2D eigenvalue weighted by Crippen LogP contribution is -2.43. The molecule has 2 aromatic carbocycles. The summed E-state index contributed by atoms with van der Waals surface area (Å²) in [4.78, 5) is 41.6. The van der Waals surface area contributed by atoms with Gasteiger partial charge in [-0.15, -0.1) is 11.8 Å². The van der Waals surface area contributed by atoms with E-state index < -0.39 is 17.9 Å². The van der Waals surface area contributed by atoms with Gasteiger partial charge in [0.1, 0.15) is 11.4 Å². The minimum absolute atomic E-state index is 0.0219. The number of urea groups is 1. The number of amides is 2. The van der Waals surface area contributed by atoms with Crippen molar-refractivity contribution in [1.82, 2.24) is 9.80 Å². The van der Waals surface area contributed by atoms with Gasteiger partial charge in [-0.1, -0.05) is 67.6 Å². The first-order valence-corrected chi connectivity index (χ1v) is 12.1. The fourth-order valence-electron chi connectivity index (χ4n) is 4.55. The monoisotopic (exact) mass is 452 g/mol. The van der Waals surface area contributed by atoms with E-state index in [0.717, 1.165) is 11.1 Å². The van der Waals surface area contributed by atoms with E-state index in [1.54, 1.807) is 23.6 Å². The molecule has 2 heterocycles. The van der Waals surface area contributed by atoms with Crippen LogP contribution in [0.4, 0.5) is 4.79 Å². The highest BCUT2D eigenvalue weighted by molar-refractivity contribution is 7.99. The van der Waals surface area contributed by atoms with Crippen molar-refractivity contribution in [2.45, 2.75) is 50.2 Å². The molecule has 6 nitrogen and oxygen atoms in total. The highest BCUT2D eigenvalue weighted by Crippen LogP contribution is 2.47. The number of carbonyl (C=O) groups excluding carboxylic acids is 2. The topological polar surface area (TPSA) is 77.9 Å². The molecule has 0 aliphatic carbocycles. The van der Waals surface area contributed by atoms with Gasteiger partial charge in [0.15, 0.2) is 5.78 Å². The second-order valence-corrected chi connectivity index (χ2v) is 9.62. The zero-order valence-electron chi connectivity index (χ0n) is 18.1. The van der Waals surface area contributed by atoms with Crippen LogP contribution in [0.5, 0.6) is 0 Å². The average molecular weight is 453 g/mol. The third kappa shape index (κ3) is 4.53. The second-order valence-electron chi connectivity index (χ2n) is 8.51. The summed E-state index contributed by atoms with van der Waals surface area (Å²) in [5.74, 6) is -0.593. The fourth-order valence-corrected chi connectivity index (χ4v) is 6.03. The summed E-state index contributed by atoms with van der Waals surface area (Å²) >= 11 is 1.70. The number of benzene rings is 2. The Hall–Kier alpha value is -2.80. The number of hydrogen-bond acceptors (Lipinski definition) is 4. The van der Waals surface area contributed by atoms with Gasteiger partial charge in [-0.05, 0) is 24.0 Å². The lowest BCUT2D eigenvalue weighted by atomic mass is 9.97. The molecule has 0 radical (unpaired) electrons. The molecule has 0 aromatic heterocycles. The smallest absolute Gasteiger partial charge is 0.322 e. The van der Waals surface area contributed by atoms with Gasteiger partial charge in [-0.3, -0.25) is 9.59 Å². The summed E-state index contributed by atoms with van der Waals surface area (Å²) in [5, 5.41) is 9.01. The van der Waals surface area contributed by atoms with Crippen molar-refractivity contribution in [1.29, 1.82) is 0 Å². The Balaban J connectivity index is 1.56. The van der Waals surface area contributed by atoms with Gasteiger partial charge in [0.05, 0.1) is 12.0 Å². The Morgan fingerprint density at radius 1 is 1.09 bits per heavy atom. The first-order chi connectivity index (χ1) is 15.5. The summed E-state index contributed by atoms with van der Waals surface area (Å²) < 4.78 is 0. The molecule has 0 bridgehead atoms. The number of rotatable bonds is 9. The van der Waals surface area contributed by atoms with Crippen LogP contribution in [0.3, 0.4) is 0 Å².